The van der Waals surface area contributed by atoms with E-state index < -0.39 is 0 Å². The van der Waals surface area contributed by atoms with Crippen LogP contribution in [0.5, 0.6) is 5.75 Å². The van der Waals surface area contributed by atoms with Gasteiger partial charge in [-0.25, -0.2) is 0 Å². The molecule has 0 spiro atoms. The van der Waals surface area contributed by atoms with E-state index in [9.17, 15) is 4.79 Å². The molecule has 130 valence electrons. The Hall–Kier alpha value is -3.31. The van der Waals surface area contributed by atoms with E-state index in [1.165, 1.54) is 11.8 Å². The van der Waals surface area contributed by atoms with Crippen molar-refractivity contribution in [1.82, 2.24) is 14.8 Å². The number of thioether (sulfide) groups is 1. The number of hydrogen-bond acceptors (Lipinski definition) is 6. The summed E-state index contributed by atoms with van der Waals surface area (Å²) < 4.78 is 7.13. The van der Waals surface area contributed by atoms with Crippen LogP contribution in [0.2, 0.25) is 0 Å². The molecule has 26 heavy (non-hydrogen) atoms. The summed E-state index contributed by atoms with van der Waals surface area (Å²) in [7, 11) is 1.60. The molecule has 2 aromatic carbocycles. The Labute approximate surface area is 154 Å². The summed E-state index contributed by atoms with van der Waals surface area (Å²) >= 11 is 1.26. The van der Waals surface area contributed by atoms with E-state index in [0.717, 1.165) is 5.69 Å². The number of nitrogens with one attached hydrogen (secondary N) is 1. The quantitative estimate of drug-likeness (QED) is 0.675. The number of hydrogen-bond donors (Lipinski definition) is 1. The highest BCUT2D eigenvalue weighted by Gasteiger charge is 2.13. The Bertz CT molecular complexity index is 964. The third kappa shape index (κ3) is 4.02. The molecule has 0 bridgehead atoms. The average molecular weight is 365 g/mol. The lowest BCUT2D eigenvalue weighted by Crippen LogP contribution is -2.14. The van der Waals surface area contributed by atoms with Gasteiger partial charge >= 0.3 is 0 Å². The zero-order valence-corrected chi connectivity index (χ0v) is 14.7. The molecule has 0 aliphatic rings. The average Bonchev–Trinajstić information content (AvgIpc) is 3.15. The van der Waals surface area contributed by atoms with Crippen molar-refractivity contribution in [3.8, 4) is 17.5 Å². The van der Waals surface area contributed by atoms with E-state index in [2.05, 4.69) is 15.5 Å². The summed E-state index contributed by atoms with van der Waals surface area (Å²) in [6, 6.07) is 16.3. The Morgan fingerprint density at radius 3 is 2.96 bits per heavy atom. The SMILES string of the molecule is COc1ccccc1-n1cnnc1SCC(=O)Nc1cccc(C#N)c1. The van der Waals surface area contributed by atoms with Gasteiger partial charge in [0.2, 0.25) is 5.91 Å². The van der Waals surface area contributed by atoms with E-state index in [0.29, 0.717) is 22.2 Å². The van der Waals surface area contributed by atoms with Crippen LogP contribution in [0.4, 0.5) is 5.69 Å². The lowest BCUT2D eigenvalue weighted by Gasteiger charge is -2.10. The fourth-order valence-electron chi connectivity index (χ4n) is 2.31. The Morgan fingerprint density at radius 2 is 2.15 bits per heavy atom. The van der Waals surface area contributed by atoms with Crippen LogP contribution in [0.3, 0.4) is 0 Å². The number of ether oxygens (including phenoxy) is 1. The standard InChI is InChI=1S/C18H15N5O2S/c1-25-16-8-3-2-7-15(16)23-12-20-22-18(23)26-11-17(24)21-14-6-4-5-13(9-14)10-19/h2-9,12H,11H2,1H3,(H,21,24). The molecule has 7 nitrogen and oxygen atoms in total. The Morgan fingerprint density at radius 1 is 1.31 bits per heavy atom. The number of methoxy groups -OCH3 is 1. The second kappa shape index (κ2) is 8.18. The number of aromatic nitrogens is 3. The van der Waals surface area contributed by atoms with E-state index in [1.807, 2.05) is 30.3 Å². The molecular formula is C18H15N5O2S. The third-order valence-electron chi connectivity index (χ3n) is 3.47. The molecule has 1 amide bonds. The third-order valence-corrected chi connectivity index (χ3v) is 4.41. The zero-order chi connectivity index (χ0) is 18.4. The number of nitriles is 1. The van der Waals surface area contributed by atoms with E-state index in [-0.39, 0.29) is 11.7 Å². The van der Waals surface area contributed by atoms with Crippen LogP contribution >= 0.6 is 11.8 Å². The summed E-state index contributed by atoms with van der Waals surface area (Å²) in [6.45, 7) is 0. The van der Waals surface area contributed by atoms with Gasteiger partial charge < -0.3 is 10.1 Å². The van der Waals surface area contributed by atoms with Crippen molar-refractivity contribution in [1.29, 1.82) is 5.26 Å². The van der Waals surface area contributed by atoms with E-state index in [1.54, 1.807) is 42.3 Å². The van der Waals surface area contributed by atoms with Crippen LogP contribution in [0.15, 0.2) is 60.0 Å². The number of rotatable bonds is 6. The van der Waals surface area contributed by atoms with Gasteiger partial charge in [0.05, 0.1) is 30.2 Å². The number of carbonyl (C=O) groups excluding carboxylic acids is 1. The number of nitrogens with zero attached hydrogens (tertiary/aromatic N) is 4. The minimum Gasteiger partial charge on any atom is -0.495 e. The van der Waals surface area contributed by atoms with Gasteiger partial charge in [0.15, 0.2) is 5.16 Å². The van der Waals surface area contributed by atoms with Crippen LogP contribution in [-0.2, 0) is 4.79 Å². The van der Waals surface area contributed by atoms with Gasteiger partial charge in [-0.2, -0.15) is 5.26 Å². The van der Waals surface area contributed by atoms with Gasteiger partial charge in [0, 0.05) is 5.69 Å². The Balaban J connectivity index is 1.68. The van der Waals surface area contributed by atoms with E-state index in [4.69, 9.17) is 10.00 Å². The van der Waals surface area contributed by atoms with Crippen LogP contribution in [0.1, 0.15) is 5.56 Å². The van der Waals surface area contributed by atoms with Crippen LogP contribution in [-0.4, -0.2) is 33.5 Å². The molecule has 0 radical (unpaired) electrons. The molecule has 1 N–H and O–H groups in total. The highest BCUT2D eigenvalue weighted by atomic mass is 32.2. The topological polar surface area (TPSA) is 92.8 Å². The molecule has 0 unspecified atom stereocenters. The second-order valence-corrected chi connectivity index (χ2v) is 6.13. The first-order valence-corrected chi connectivity index (χ1v) is 8.66. The number of benzene rings is 2. The summed E-state index contributed by atoms with van der Waals surface area (Å²) in [5.74, 6) is 0.650. The second-order valence-electron chi connectivity index (χ2n) is 5.18. The highest BCUT2D eigenvalue weighted by molar-refractivity contribution is 7.99. The zero-order valence-electron chi connectivity index (χ0n) is 13.9. The van der Waals surface area contributed by atoms with E-state index >= 15 is 0 Å². The van der Waals surface area contributed by atoms with Gasteiger partial charge in [-0.15, -0.1) is 10.2 Å². The molecule has 3 aromatic rings. The molecule has 0 fully saturated rings. The monoisotopic (exact) mass is 365 g/mol. The predicted molar refractivity (Wildman–Crippen MR) is 98.4 cm³/mol. The molecule has 0 saturated heterocycles. The van der Waals surface area contributed by atoms with Gasteiger partial charge in [0.25, 0.3) is 0 Å². The van der Waals surface area contributed by atoms with Gasteiger partial charge in [0.1, 0.15) is 12.1 Å². The minimum atomic E-state index is -0.195. The minimum absolute atomic E-state index is 0.157. The summed E-state index contributed by atoms with van der Waals surface area (Å²) in [5, 5.41) is 20.3. The molecule has 1 heterocycles. The highest BCUT2D eigenvalue weighted by Crippen LogP contribution is 2.26. The van der Waals surface area contributed by atoms with Crippen molar-refractivity contribution < 1.29 is 9.53 Å². The molecule has 0 aliphatic carbocycles. The molecule has 1 aromatic heterocycles. The van der Waals surface area contributed by atoms with Crippen LogP contribution < -0.4 is 10.1 Å². The normalized spacial score (nSPS) is 10.2. The molecule has 8 heteroatoms. The van der Waals surface area contributed by atoms with Gasteiger partial charge in [-0.3, -0.25) is 9.36 Å². The predicted octanol–water partition coefficient (Wildman–Crippen LogP) is 2.88. The first kappa shape index (κ1) is 17.5. The molecule has 0 aliphatic heterocycles. The van der Waals surface area contributed by atoms with Gasteiger partial charge in [-0.05, 0) is 30.3 Å². The first-order chi connectivity index (χ1) is 12.7. The van der Waals surface area contributed by atoms with Crippen molar-refractivity contribution in [2.75, 3.05) is 18.2 Å². The van der Waals surface area contributed by atoms with Crippen molar-refractivity contribution >= 4 is 23.4 Å². The summed E-state index contributed by atoms with van der Waals surface area (Å²) in [5.41, 5.74) is 1.87. The van der Waals surface area contributed by atoms with Crippen molar-refractivity contribution in [2.45, 2.75) is 5.16 Å². The maximum atomic E-state index is 12.2. The molecule has 3 rings (SSSR count). The number of para-hydroxylation sites is 2. The van der Waals surface area contributed by atoms with Crippen molar-refractivity contribution in [3.63, 3.8) is 0 Å². The number of anilines is 1. The molecule has 0 saturated carbocycles. The fourth-order valence-corrected chi connectivity index (χ4v) is 3.03. The first-order valence-electron chi connectivity index (χ1n) is 7.67. The number of carbonyl (C=O) groups is 1. The van der Waals surface area contributed by atoms with Crippen molar-refractivity contribution in [2.24, 2.45) is 0 Å². The smallest absolute Gasteiger partial charge is 0.234 e. The molecular weight excluding hydrogens is 350 g/mol. The molecule has 0 atom stereocenters. The van der Waals surface area contributed by atoms with Crippen molar-refractivity contribution in [3.05, 3.63) is 60.4 Å². The maximum absolute atomic E-state index is 12.2. The largest absolute Gasteiger partial charge is 0.495 e. The summed E-state index contributed by atoms with van der Waals surface area (Å²) in [6.07, 6.45) is 1.58. The Kier molecular flexibility index (Phi) is 5.51. The number of amides is 1. The maximum Gasteiger partial charge on any atom is 0.234 e. The van der Waals surface area contributed by atoms with Crippen LogP contribution in [0, 0.1) is 11.3 Å². The lowest BCUT2D eigenvalue weighted by atomic mass is 10.2. The lowest BCUT2D eigenvalue weighted by molar-refractivity contribution is -0.113. The fraction of sp³-hybridized carbons (Fsp3) is 0.111. The van der Waals surface area contributed by atoms with Gasteiger partial charge in [-0.1, -0.05) is 30.0 Å². The van der Waals surface area contributed by atoms with Crippen LogP contribution in [0.25, 0.3) is 5.69 Å². The summed E-state index contributed by atoms with van der Waals surface area (Å²) in [4.78, 5) is 12.2.